The minimum atomic E-state index is -4.18. The van der Waals surface area contributed by atoms with Crippen LogP contribution in [0.4, 0.5) is 4.39 Å². The molecule has 0 saturated carbocycles. The number of para-hydroxylation sites is 1. The first kappa shape index (κ1) is 19.8. The van der Waals surface area contributed by atoms with Crippen molar-refractivity contribution in [3.63, 3.8) is 0 Å². The van der Waals surface area contributed by atoms with Gasteiger partial charge in [0.25, 0.3) is 0 Å². The Morgan fingerprint density at radius 1 is 1.21 bits per heavy atom. The SMILES string of the molecule is COC(=O)[C@@H]1C[C@@H](Oc2ccccc2F)CN1S(=O)(=O)c1ccccc1C#N. The van der Waals surface area contributed by atoms with Crippen LogP contribution < -0.4 is 4.74 Å². The van der Waals surface area contributed by atoms with Gasteiger partial charge in [0.15, 0.2) is 11.6 Å². The molecule has 1 heterocycles. The maximum absolute atomic E-state index is 13.9. The molecule has 0 spiro atoms. The number of benzene rings is 2. The molecule has 0 aliphatic carbocycles. The van der Waals surface area contributed by atoms with Gasteiger partial charge in [-0.3, -0.25) is 4.79 Å². The van der Waals surface area contributed by atoms with Crippen LogP contribution in [-0.2, 0) is 19.6 Å². The molecule has 2 atom stereocenters. The lowest BCUT2D eigenvalue weighted by Crippen LogP contribution is -2.41. The van der Waals surface area contributed by atoms with E-state index in [1.165, 1.54) is 36.4 Å². The lowest BCUT2D eigenvalue weighted by Gasteiger charge is -2.22. The Morgan fingerprint density at radius 2 is 1.89 bits per heavy atom. The summed E-state index contributed by atoms with van der Waals surface area (Å²) in [5.74, 6) is -1.38. The van der Waals surface area contributed by atoms with Crippen LogP contribution in [0.15, 0.2) is 53.4 Å². The van der Waals surface area contributed by atoms with Crippen LogP contribution in [0.1, 0.15) is 12.0 Å². The summed E-state index contributed by atoms with van der Waals surface area (Å²) in [6, 6.07) is 12.1. The van der Waals surface area contributed by atoms with Crippen molar-refractivity contribution in [2.75, 3.05) is 13.7 Å². The van der Waals surface area contributed by atoms with Crippen LogP contribution in [0.3, 0.4) is 0 Å². The second-order valence-corrected chi connectivity index (χ2v) is 7.99. The van der Waals surface area contributed by atoms with Crippen LogP contribution >= 0.6 is 0 Å². The van der Waals surface area contributed by atoms with E-state index in [1.807, 2.05) is 6.07 Å². The highest BCUT2D eigenvalue weighted by atomic mass is 32.2. The Balaban J connectivity index is 1.95. The molecule has 1 fully saturated rings. The lowest BCUT2D eigenvalue weighted by atomic mass is 10.2. The Labute approximate surface area is 162 Å². The standard InChI is InChI=1S/C19H17FN2O5S/c1-26-19(23)16-10-14(27-17-8-4-3-7-15(17)20)12-22(16)28(24,25)18-9-5-2-6-13(18)11-21/h2-9,14,16H,10,12H2,1H3/t14-,16+/m1/s1. The quantitative estimate of drug-likeness (QED) is 0.708. The monoisotopic (exact) mass is 404 g/mol. The Hall–Kier alpha value is -2.96. The van der Waals surface area contributed by atoms with Gasteiger partial charge in [-0.1, -0.05) is 24.3 Å². The van der Waals surface area contributed by atoms with Gasteiger partial charge in [0.1, 0.15) is 18.2 Å². The molecule has 2 aromatic rings. The number of hydrogen-bond acceptors (Lipinski definition) is 6. The summed E-state index contributed by atoms with van der Waals surface area (Å²) < 4.78 is 51.4. The molecule has 1 saturated heterocycles. The van der Waals surface area contributed by atoms with Gasteiger partial charge in [0.2, 0.25) is 10.0 Å². The van der Waals surface area contributed by atoms with E-state index in [4.69, 9.17) is 9.47 Å². The first-order valence-electron chi connectivity index (χ1n) is 8.38. The molecule has 0 N–H and O–H groups in total. The van der Waals surface area contributed by atoms with Crippen molar-refractivity contribution in [2.24, 2.45) is 0 Å². The third-order valence-corrected chi connectivity index (χ3v) is 6.35. The van der Waals surface area contributed by atoms with Crippen LogP contribution in [0.2, 0.25) is 0 Å². The number of ether oxygens (including phenoxy) is 2. The molecular weight excluding hydrogens is 387 g/mol. The zero-order valence-corrected chi connectivity index (χ0v) is 15.7. The molecule has 0 radical (unpaired) electrons. The molecule has 0 amide bonds. The largest absolute Gasteiger partial charge is 0.486 e. The fraction of sp³-hybridized carbons (Fsp3) is 0.263. The molecule has 0 unspecified atom stereocenters. The van der Waals surface area contributed by atoms with Gasteiger partial charge in [-0.25, -0.2) is 12.8 Å². The number of sulfonamides is 1. The first-order chi connectivity index (χ1) is 13.4. The Morgan fingerprint density at radius 3 is 2.57 bits per heavy atom. The third kappa shape index (κ3) is 3.69. The highest BCUT2D eigenvalue weighted by Gasteiger charge is 2.46. The van der Waals surface area contributed by atoms with Gasteiger partial charge < -0.3 is 9.47 Å². The van der Waals surface area contributed by atoms with Crippen LogP contribution in [-0.4, -0.2) is 44.5 Å². The number of nitriles is 1. The number of halogens is 1. The van der Waals surface area contributed by atoms with Crippen molar-refractivity contribution in [1.29, 1.82) is 5.26 Å². The maximum Gasteiger partial charge on any atom is 0.324 e. The Bertz CT molecular complexity index is 1030. The summed E-state index contributed by atoms with van der Waals surface area (Å²) in [7, 11) is -3.03. The number of nitrogens with zero attached hydrogens (tertiary/aromatic N) is 2. The van der Waals surface area contributed by atoms with E-state index in [0.717, 1.165) is 11.4 Å². The number of rotatable bonds is 5. The average molecular weight is 404 g/mol. The molecule has 9 heteroatoms. The zero-order valence-electron chi connectivity index (χ0n) is 14.9. The summed E-state index contributed by atoms with van der Waals surface area (Å²) in [4.78, 5) is 12.0. The van der Waals surface area contributed by atoms with Crippen molar-refractivity contribution in [1.82, 2.24) is 4.31 Å². The van der Waals surface area contributed by atoms with E-state index in [1.54, 1.807) is 12.1 Å². The Kier molecular flexibility index (Phi) is 5.63. The molecule has 3 rings (SSSR count). The summed E-state index contributed by atoms with van der Waals surface area (Å²) in [6.07, 6.45) is -0.764. The van der Waals surface area contributed by atoms with Gasteiger partial charge in [0.05, 0.1) is 24.1 Å². The fourth-order valence-electron chi connectivity index (χ4n) is 3.10. The van der Waals surface area contributed by atoms with Gasteiger partial charge in [-0.2, -0.15) is 9.57 Å². The van der Waals surface area contributed by atoms with E-state index in [0.29, 0.717) is 0 Å². The molecule has 146 valence electrons. The highest BCUT2D eigenvalue weighted by Crippen LogP contribution is 2.31. The van der Waals surface area contributed by atoms with Crippen molar-refractivity contribution >= 4 is 16.0 Å². The van der Waals surface area contributed by atoms with Crippen LogP contribution in [0.5, 0.6) is 5.75 Å². The van der Waals surface area contributed by atoms with Crippen molar-refractivity contribution in [3.05, 3.63) is 59.9 Å². The normalized spacial score (nSPS) is 19.8. The van der Waals surface area contributed by atoms with Gasteiger partial charge in [-0.05, 0) is 24.3 Å². The van der Waals surface area contributed by atoms with Crippen molar-refractivity contribution in [2.45, 2.75) is 23.5 Å². The van der Waals surface area contributed by atoms with E-state index < -0.39 is 34.0 Å². The van der Waals surface area contributed by atoms with E-state index in [9.17, 15) is 22.9 Å². The number of esters is 1. The predicted molar refractivity (Wildman–Crippen MR) is 96.3 cm³/mol. The second-order valence-electron chi connectivity index (χ2n) is 6.13. The molecule has 0 bridgehead atoms. The minimum absolute atomic E-state index is 0.00500. The molecule has 0 aromatic heterocycles. The summed E-state index contributed by atoms with van der Waals surface area (Å²) in [6.45, 7) is -0.184. The molecular formula is C19H17FN2O5S. The third-order valence-electron chi connectivity index (χ3n) is 4.42. The lowest BCUT2D eigenvalue weighted by molar-refractivity contribution is -0.144. The minimum Gasteiger partial charge on any atom is -0.486 e. The zero-order chi connectivity index (χ0) is 20.3. The molecule has 1 aliphatic rings. The second kappa shape index (κ2) is 7.96. The van der Waals surface area contributed by atoms with E-state index in [-0.39, 0.29) is 29.2 Å². The summed E-state index contributed by atoms with van der Waals surface area (Å²) in [5, 5.41) is 9.23. The summed E-state index contributed by atoms with van der Waals surface area (Å²) in [5.41, 5.74) is -0.0374. The van der Waals surface area contributed by atoms with Gasteiger partial charge in [0, 0.05) is 6.42 Å². The van der Waals surface area contributed by atoms with Crippen molar-refractivity contribution < 1.29 is 27.1 Å². The smallest absolute Gasteiger partial charge is 0.324 e. The van der Waals surface area contributed by atoms with E-state index in [2.05, 4.69) is 0 Å². The van der Waals surface area contributed by atoms with Crippen LogP contribution in [0.25, 0.3) is 0 Å². The number of methoxy groups -OCH3 is 1. The predicted octanol–water partition coefficient (Wildman–Crippen LogP) is 2.08. The van der Waals surface area contributed by atoms with Gasteiger partial charge >= 0.3 is 5.97 Å². The topological polar surface area (TPSA) is 96.7 Å². The van der Waals surface area contributed by atoms with Gasteiger partial charge in [-0.15, -0.1) is 0 Å². The number of hydrogen-bond donors (Lipinski definition) is 0. The van der Waals surface area contributed by atoms with E-state index >= 15 is 0 Å². The summed E-state index contributed by atoms with van der Waals surface area (Å²) >= 11 is 0. The molecule has 28 heavy (non-hydrogen) atoms. The van der Waals surface area contributed by atoms with Crippen LogP contribution in [0, 0.1) is 17.1 Å². The van der Waals surface area contributed by atoms with Crippen molar-refractivity contribution in [3.8, 4) is 11.8 Å². The maximum atomic E-state index is 13.9. The number of carbonyl (C=O) groups excluding carboxylic acids is 1. The highest BCUT2D eigenvalue weighted by molar-refractivity contribution is 7.89. The molecule has 1 aliphatic heterocycles. The molecule has 2 aromatic carbocycles. The first-order valence-corrected chi connectivity index (χ1v) is 9.82. The fourth-order valence-corrected chi connectivity index (χ4v) is 4.86. The molecule has 7 nitrogen and oxygen atoms in total. The average Bonchev–Trinajstić information content (AvgIpc) is 3.14. The number of carbonyl (C=O) groups is 1.